The van der Waals surface area contributed by atoms with Gasteiger partial charge in [0.2, 0.25) is 5.91 Å². The number of rotatable bonds is 4. The van der Waals surface area contributed by atoms with Crippen LogP contribution in [0, 0.1) is 0 Å². The molecule has 0 atom stereocenters. The van der Waals surface area contributed by atoms with E-state index in [9.17, 15) is 9.59 Å². The van der Waals surface area contributed by atoms with Gasteiger partial charge in [-0.1, -0.05) is 6.92 Å². The Morgan fingerprint density at radius 3 is 2.56 bits per heavy atom. The molecule has 0 radical (unpaired) electrons. The highest BCUT2D eigenvalue weighted by atomic mass is 16.5. The molecule has 0 bridgehead atoms. The Morgan fingerprint density at radius 1 is 1.25 bits per heavy atom. The summed E-state index contributed by atoms with van der Waals surface area (Å²) in [5.41, 5.74) is 0. The molecule has 0 aliphatic carbocycles. The van der Waals surface area contributed by atoms with Crippen LogP contribution in [0.25, 0.3) is 0 Å². The van der Waals surface area contributed by atoms with Crippen molar-refractivity contribution in [1.29, 1.82) is 0 Å². The molecule has 0 aromatic rings. The molecule has 6 heteroatoms. The van der Waals surface area contributed by atoms with Gasteiger partial charge in [0.1, 0.15) is 0 Å². The van der Waals surface area contributed by atoms with Gasteiger partial charge in [-0.25, -0.2) is 4.79 Å². The summed E-state index contributed by atoms with van der Waals surface area (Å²) in [6, 6.07) is -0.288. The molecule has 16 heavy (non-hydrogen) atoms. The maximum absolute atomic E-state index is 11.6. The summed E-state index contributed by atoms with van der Waals surface area (Å²) in [6.07, 6.45) is 0.880. The van der Waals surface area contributed by atoms with Crippen molar-refractivity contribution in [3.63, 3.8) is 0 Å². The van der Waals surface area contributed by atoms with Crippen molar-refractivity contribution in [3.8, 4) is 0 Å². The third-order valence-corrected chi connectivity index (χ3v) is 2.30. The summed E-state index contributed by atoms with van der Waals surface area (Å²) in [6.45, 7) is 5.02. The first kappa shape index (κ1) is 12.8. The number of ether oxygens (including phenoxy) is 1. The monoisotopic (exact) mass is 229 g/mol. The molecule has 3 amide bonds. The first-order valence-electron chi connectivity index (χ1n) is 5.61. The normalized spacial score (nSPS) is 15.7. The van der Waals surface area contributed by atoms with Crippen LogP contribution in [0.4, 0.5) is 4.79 Å². The summed E-state index contributed by atoms with van der Waals surface area (Å²) in [7, 11) is 0. The number of morpholine rings is 1. The van der Waals surface area contributed by atoms with Gasteiger partial charge >= 0.3 is 6.03 Å². The molecule has 2 N–H and O–H groups in total. The molecule has 1 rings (SSSR count). The number of carbonyl (C=O) groups excluding carboxylic acids is 2. The topological polar surface area (TPSA) is 70.7 Å². The summed E-state index contributed by atoms with van der Waals surface area (Å²) >= 11 is 0. The zero-order chi connectivity index (χ0) is 11.8. The first-order chi connectivity index (χ1) is 7.74. The zero-order valence-electron chi connectivity index (χ0n) is 9.62. The van der Waals surface area contributed by atoms with Crippen LogP contribution in [0.3, 0.4) is 0 Å². The van der Waals surface area contributed by atoms with Gasteiger partial charge in [0.25, 0.3) is 0 Å². The second kappa shape index (κ2) is 7.05. The molecule has 1 heterocycles. The lowest BCUT2D eigenvalue weighted by Crippen LogP contribution is -2.47. The average Bonchev–Trinajstić information content (AvgIpc) is 2.34. The summed E-state index contributed by atoms with van der Waals surface area (Å²) in [5.74, 6) is -0.0602. The SMILES string of the molecule is CCCNC(=O)NCC(=O)N1CCOCC1. The molecule has 92 valence electrons. The van der Waals surface area contributed by atoms with Gasteiger partial charge in [0, 0.05) is 19.6 Å². The predicted octanol–water partition coefficient (Wildman–Crippen LogP) is -0.446. The van der Waals surface area contributed by atoms with Gasteiger partial charge < -0.3 is 20.3 Å². The summed E-state index contributed by atoms with van der Waals surface area (Å²) < 4.78 is 5.13. The molecular weight excluding hydrogens is 210 g/mol. The van der Waals surface area contributed by atoms with Crippen molar-refractivity contribution in [2.75, 3.05) is 39.4 Å². The standard InChI is InChI=1S/C10H19N3O3/c1-2-3-11-10(15)12-8-9(14)13-4-6-16-7-5-13/h2-8H2,1H3,(H2,11,12,15). The minimum absolute atomic E-state index is 0.0511. The van der Waals surface area contributed by atoms with Gasteiger partial charge in [0.15, 0.2) is 0 Å². The van der Waals surface area contributed by atoms with Crippen LogP contribution in [0.5, 0.6) is 0 Å². The summed E-state index contributed by atoms with van der Waals surface area (Å²) in [4.78, 5) is 24.5. The van der Waals surface area contributed by atoms with Gasteiger partial charge in [0.05, 0.1) is 19.8 Å². The van der Waals surface area contributed by atoms with Crippen LogP contribution in [0.2, 0.25) is 0 Å². The molecule has 0 unspecified atom stereocenters. The lowest BCUT2D eigenvalue weighted by molar-refractivity contribution is -0.134. The van der Waals surface area contributed by atoms with E-state index in [1.165, 1.54) is 0 Å². The first-order valence-corrected chi connectivity index (χ1v) is 5.61. The largest absolute Gasteiger partial charge is 0.378 e. The van der Waals surface area contributed by atoms with E-state index in [0.29, 0.717) is 32.8 Å². The van der Waals surface area contributed by atoms with E-state index >= 15 is 0 Å². The zero-order valence-corrected chi connectivity index (χ0v) is 9.62. The van der Waals surface area contributed by atoms with Crippen molar-refractivity contribution < 1.29 is 14.3 Å². The number of carbonyl (C=O) groups is 2. The van der Waals surface area contributed by atoms with E-state index in [0.717, 1.165) is 6.42 Å². The molecule has 1 fully saturated rings. The van der Waals surface area contributed by atoms with E-state index in [2.05, 4.69) is 10.6 Å². The van der Waals surface area contributed by atoms with E-state index < -0.39 is 0 Å². The van der Waals surface area contributed by atoms with Gasteiger partial charge in [-0.2, -0.15) is 0 Å². The number of amides is 3. The smallest absolute Gasteiger partial charge is 0.315 e. The van der Waals surface area contributed by atoms with E-state index in [1.807, 2.05) is 6.92 Å². The molecule has 1 aliphatic heterocycles. The number of hydrogen-bond donors (Lipinski definition) is 2. The highest BCUT2D eigenvalue weighted by Gasteiger charge is 2.16. The molecular formula is C10H19N3O3. The average molecular weight is 229 g/mol. The van der Waals surface area contributed by atoms with Crippen molar-refractivity contribution >= 4 is 11.9 Å². The molecule has 1 saturated heterocycles. The Morgan fingerprint density at radius 2 is 1.94 bits per heavy atom. The molecule has 0 aromatic carbocycles. The fourth-order valence-corrected chi connectivity index (χ4v) is 1.38. The Kier molecular flexibility index (Phi) is 5.63. The van der Waals surface area contributed by atoms with Crippen molar-refractivity contribution in [1.82, 2.24) is 15.5 Å². The van der Waals surface area contributed by atoms with Crippen LogP contribution in [0.1, 0.15) is 13.3 Å². The minimum Gasteiger partial charge on any atom is -0.378 e. The van der Waals surface area contributed by atoms with E-state index in [4.69, 9.17) is 4.74 Å². The minimum atomic E-state index is -0.288. The number of urea groups is 1. The highest BCUT2D eigenvalue weighted by Crippen LogP contribution is 1.96. The molecule has 0 saturated carbocycles. The van der Waals surface area contributed by atoms with E-state index in [-0.39, 0.29) is 18.5 Å². The maximum atomic E-state index is 11.6. The van der Waals surface area contributed by atoms with E-state index in [1.54, 1.807) is 4.90 Å². The van der Waals surface area contributed by atoms with Crippen molar-refractivity contribution in [2.24, 2.45) is 0 Å². The Bertz CT molecular complexity index is 239. The number of nitrogens with one attached hydrogen (secondary N) is 2. The Labute approximate surface area is 95.3 Å². The summed E-state index contributed by atoms with van der Waals surface area (Å²) in [5, 5.41) is 5.18. The fraction of sp³-hybridized carbons (Fsp3) is 0.800. The second-order valence-corrected chi connectivity index (χ2v) is 3.60. The van der Waals surface area contributed by atoms with Crippen molar-refractivity contribution in [3.05, 3.63) is 0 Å². The Balaban J connectivity index is 2.15. The predicted molar refractivity (Wildman–Crippen MR) is 59.1 cm³/mol. The lowest BCUT2D eigenvalue weighted by Gasteiger charge is -2.26. The molecule has 1 aliphatic rings. The maximum Gasteiger partial charge on any atom is 0.315 e. The number of hydrogen-bond acceptors (Lipinski definition) is 3. The second-order valence-electron chi connectivity index (χ2n) is 3.60. The van der Waals surface area contributed by atoms with Crippen LogP contribution in [-0.2, 0) is 9.53 Å². The van der Waals surface area contributed by atoms with Crippen LogP contribution in [-0.4, -0.2) is 56.2 Å². The van der Waals surface area contributed by atoms with Gasteiger partial charge in [-0.15, -0.1) is 0 Å². The van der Waals surface area contributed by atoms with Crippen LogP contribution in [0.15, 0.2) is 0 Å². The van der Waals surface area contributed by atoms with Crippen molar-refractivity contribution in [2.45, 2.75) is 13.3 Å². The van der Waals surface area contributed by atoms with Crippen LogP contribution >= 0.6 is 0 Å². The molecule has 6 nitrogen and oxygen atoms in total. The number of nitrogens with zero attached hydrogens (tertiary/aromatic N) is 1. The lowest BCUT2D eigenvalue weighted by atomic mass is 10.4. The Hall–Kier alpha value is -1.30. The van der Waals surface area contributed by atoms with Gasteiger partial charge in [-0.05, 0) is 6.42 Å². The quantitative estimate of drug-likeness (QED) is 0.686. The third kappa shape index (κ3) is 4.48. The third-order valence-electron chi connectivity index (χ3n) is 2.30. The van der Waals surface area contributed by atoms with Crippen LogP contribution < -0.4 is 10.6 Å². The molecule has 0 spiro atoms. The highest BCUT2D eigenvalue weighted by molar-refractivity contribution is 5.84. The van der Waals surface area contributed by atoms with Gasteiger partial charge in [-0.3, -0.25) is 4.79 Å². The molecule has 0 aromatic heterocycles. The fourth-order valence-electron chi connectivity index (χ4n) is 1.38.